The number of hydrogen-bond donors (Lipinski definition) is 1. The van der Waals surface area contributed by atoms with Crippen molar-refractivity contribution in [2.75, 3.05) is 19.0 Å². The smallest absolute Gasteiger partial charge is 0.297 e. The van der Waals surface area contributed by atoms with Crippen LogP contribution in [0.25, 0.3) is 17.0 Å². The molecule has 0 atom stereocenters. The first-order valence-electron chi connectivity index (χ1n) is 12.0. The van der Waals surface area contributed by atoms with Crippen LogP contribution in [0, 0.1) is 0 Å². The molecule has 0 aliphatic rings. The topological polar surface area (TPSA) is 69.6 Å². The number of methoxy groups -OCH3 is 1. The maximum atomic E-state index is 13.1. The van der Waals surface area contributed by atoms with Gasteiger partial charge in [-0.25, -0.2) is 0 Å². The van der Waals surface area contributed by atoms with E-state index in [1.54, 1.807) is 25.3 Å². The lowest BCUT2D eigenvalue weighted by atomic mass is 10.1. The van der Waals surface area contributed by atoms with E-state index in [1.165, 1.54) is 28.9 Å². The minimum atomic E-state index is -0.303. The molecule has 188 valence electrons. The fraction of sp³-hybridized carbons (Fsp3) is 0.267. The molecule has 36 heavy (non-hydrogen) atoms. The Labute approximate surface area is 212 Å². The summed E-state index contributed by atoms with van der Waals surface area (Å²) >= 11 is 0. The molecule has 1 N–H and O–H groups in total. The molecule has 0 bridgehead atoms. The zero-order valence-corrected chi connectivity index (χ0v) is 21.6. The molecule has 1 amide bonds. The summed E-state index contributed by atoms with van der Waals surface area (Å²) in [4.78, 5) is 25.5. The number of fused-ring (bicyclic) bond motifs is 1. The summed E-state index contributed by atoms with van der Waals surface area (Å²) < 4.78 is 13.0. The molecule has 0 unspecified atom stereocenters. The van der Waals surface area contributed by atoms with Crippen molar-refractivity contribution in [2.45, 2.75) is 33.6 Å². The number of carbonyl (C=O) groups excluding carboxylic acids is 1. The van der Waals surface area contributed by atoms with Crippen LogP contribution in [0.15, 0.2) is 82.7 Å². The molecule has 0 saturated heterocycles. The summed E-state index contributed by atoms with van der Waals surface area (Å²) in [6.45, 7) is 6.51. The highest BCUT2D eigenvalue weighted by atomic mass is 16.5. The van der Waals surface area contributed by atoms with E-state index in [9.17, 15) is 9.59 Å². The lowest BCUT2D eigenvalue weighted by Crippen LogP contribution is -2.21. The number of anilines is 1. The van der Waals surface area contributed by atoms with Gasteiger partial charge in [0.1, 0.15) is 6.61 Å². The van der Waals surface area contributed by atoms with E-state index >= 15 is 0 Å². The van der Waals surface area contributed by atoms with E-state index in [1.807, 2.05) is 42.5 Å². The van der Waals surface area contributed by atoms with Crippen molar-refractivity contribution < 1.29 is 14.3 Å². The molecular weight excluding hydrogens is 452 g/mol. The van der Waals surface area contributed by atoms with Gasteiger partial charge in [0.15, 0.2) is 5.75 Å². The van der Waals surface area contributed by atoms with Gasteiger partial charge in [-0.05, 0) is 69.5 Å². The number of carbonyl (C=O) groups is 1. The Kier molecular flexibility index (Phi) is 9.28. The quantitative estimate of drug-likeness (QED) is 0.271. The third-order valence-electron chi connectivity index (χ3n) is 5.76. The minimum absolute atomic E-state index is 0.170. The molecule has 0 saturated carbocycles. The third kappa shape index (κ3) is 6.98. The summed E-state index contributed by atoms with van der Waals surface area (Å²) in [6, 6.07) is 14.9. The molecule has 6 nitrogen and oxygen atoms in total. The Morgan fingerprint density at radius 1 is 1.03 bits per heavy atom. The van der Waals surface area contributed by atoms with Gasteiger partial charge in [-0.1, -0.05) is 47.6 Å². The van der Waals surface area contributed by atoms with Crippen LogP contribution in [-0.4, -0.2) is 24.2 Å². The SMILES string of the molecule is COc1c(OC/C=C(\C)CCC=C(C)C)c(=O)n(C)c2cc(NC(=O)C=Cc3ccccc3)ccc12. The van der Waals surface area contributed by atoms with Crippen LogP contribution >= 0.6 is 0 Å². The van der Waals surface area contributed by atoms with Crippen LogP contribution in [0.4, 0.5) is 5.69 Å². The van der Waals surface area contributed by atoms with Gasteiger partial charge in [-0.3, -0.25) is 9.59 Å². The van der Waals surface area contributed by atoms with Gasteiger partial charge in [0.2, 0.25) is 11.7 Å². The Morgan fingerprint density at radius 2 is 1.78 bits per heavy atom. The van der Waals surface area contributed by atoms with Crippen molar-refractivity contribution in [3.63, 3.8) is 0 Å². The van der Waals surface area contributed by atoms with Crippen molar-refractivity contribution >= 4 is 28.6 Å². The number of nitrogens with one attached hydrogen (secondary N) is 1. The molecule has 0 spiro atoms. The van der Waals surface area contributed by atoms with Crippen LogP contribution in [-0.2, 0) is 11.8 Å². The second kappa shape index (κ2) is 12.6. The molecule has 6 heteroatoms. The number of ether oxygens (including phenoxy) is 2. The number of nitrogens with zero attached hydrogens (tertiary/aromatic N) is 1. The normalized spacial score (nSPS) is 11.5. The molecule has 3 aromatic rings. The second-order valence-corrected chi connectivity index (χ2v) is 8.87. The van der Waals surface area contributed by atoms with Gasteiger partial charge in [-0.15, -0.1) is 0 Å². The predicted octanol–water partition coefficient (Wildman–Crippen LogP) is 6.27. The number of allylic oxidation sites excluding steroid dienone is 3. The van der Waals surface area contributed by atoms with Crippen molar-refractivity contribution in [1.29, 1.82) is 0 Å². The molecule has 1 heterocycles. The molecule has 0 radical (unpaired) electrons. The highest BCUT2D eigenvalue weighted by Crippen LogP contribution is 2.33. The second-order valence-electron chi connectivity index (χ2n) is 8.87. The first kappa shape index (κ1) is 26.5. The minimum Gasteiger partial charge on any atom is -0.492 e. The Bertz CT molecular complexity index is 1360. The van der Waals surface area contributed by atoms with Crippen molar-refractivity contribution in [3.05, 3.63) is 93.8 Å². The first-order valence-corrected chi connectivity index (χ1v) is 12.0. The number of rotatable bonds is 10. The molecule has 0 aliphatic heterocycles. The van der Waals surface area contributed by atoms with E-state index in [2.05, 4.69) is 32.2 Å². The number of amides is 1. The maximum Gasteiger partial charge on any atom is 0.297 e. The van der Waals surface area contributed by atoms with E-state index in [0.717, 1.165) is 23.8 Å². The van der Waals surface area contributed by atoms with Gasteiger partial charge in [0, 0.05) is 24.2 Å². The molecule has 0 aliphatic carbocycles. The maximum absolute atomic E-state index is 13.1. The van der Waals surface area contributed by atoms with Crippen LogP contribution in [0.3, 0.4) is 0 Å². The fourth-order valence-corrected chi connectivity index (χ4v) is 3.77. The number of hydrogen-bond acceptors (Lipinski definition) is 4. The summed E-state index contributed by atoms with van der Waals surface area (Å²) in [7, 11) is 3.20. The summed E-state index contributed by atoms with van der Waals surface area (Å²) in [6.07, 6.45) is 9.34. The van der Waals surface area contributed by atoms with Crippen molar-refractivity contribution in [3.8, 4) is 11.5 Å². The number of aryl methyl sites for hydroxylation is 1. The fourth-order valence-electron chi connectivity index (χ4n) is 3.77. The van der Waals surface area contributed by atoms with Gasteiger partial charge in [-0.2, -0.15) is 0 Å². The number of pyridine rings is 1. The molecule has 2 aromatic carbocycles. The highest BCUT2D eigenvalue weighted by molar-refractivity contribution is 6.03. The lowest BCUT2D eigenvalue weighted by Gasteiger charge is -2.15. The summed E-state index contributed by atoms with van der Waals surface area (Å²) in [5.41, 5.74) is 4.33. The van der Waals surface area contributed by atoms with Gasteiger partial charge in [0.05, 0.1) is 12.6 Å². The standard InChI is InChI=1S/C30H34N2O4/c1-21(2)10-9-11-22(3)18-19-36-29-28(35-5)25-16-15-24(20-26(25)32(4)30(29)34)31-27(33)17-14-23-12-7-6-8-13-23/h6-8,10,12-18,20H,9,11,19H2,1-5H3,(H,31,33)/b17-14?,22-18+. The summed E-state index contributed by atoms with van der Waals surface area (Å²) in [5.74, 6) is 0.288. The number of benzene rings is 2. The Hall–Kier alpha value is -4.06. The average molecular weight is 487 g/mol. The predicted molar refractivity (Wildman–Crippen MR) is 148 cm³/mol. The van der Waals surface area contributed by atoms with Gasteiger partial charge in [0.25, 0.3) is 5.56 Å². The Morgan fingerprint density at radius 3 is 2.47 bits per heavy atom. The van der Waals surface area contributed by atoms with Crippen molar-refractivity contribution in [2.24, 2.45) is 7.05 Å². The molecule has 0 fully saturated rings. The lowest BCUT2D eigenvalue weighted by molar-refractivity contribution is -0.111. The largest absolute Gasteiger partial charge is 0.492 e. The van der Waals surface area contributed by atoms with E-state index in [-0.39, 0.29) is 23.8 Å². The van der Waals surface area contributed by atoms with Crippen LogP contribution in [0.5, 0.6) is 11.5 Å². The van der Waals surface area contributed by atoms with Crippen LogP contribution in [0.1, 0.15) is 39.2 Å². The zero-order valence-electron chi connectivity index (χ0n) is 21.6. The Balaban J connectivity index is 1.80. The molecule has 1 aromatic heterocycles. The van der Waals surface area contributed by atoms with Crippen LogP contribution in [0.2, 0.25) is 0 Å². The molecule has 3 rings (SSSR count). The first-order chi connectivity index (χ1) is 17.3. The van der Waals surface area contributed by atoms with Crippen molar-refractivity contribution in [1.82, 2.24) is 4.57 Å². The van der Waals surface area contributed by atoms with Gasteiger partial charge < -0.3 is 19.4 Å². The van der Waals surface area contributed by atoms with E-state index in [4.69, 9.17) is 9.47 Å². The average Bonchev–Trinajstić information content (AvgIpc) is 2.86. The van der Waals surface area contributed by atoms with Gasteiger partial charge >= 0.3 is 0 Å². The monoisotopic (exact) mass is 486 g/mol. The highest BCUT2D eigenvalue weighted by Gasteiger charge is 2.18. The van der Waals surface area contributed by atoms with E-state index in [0.29, 0.717) is 17.0 Å². The summed E-state index contributed by atoms with van der Waals surface area (Å²) in [5, 5.41) is 3.57. The van der Waals surface area contributed by atoms with Crippen LogP contribution < -0.4 is 20.3 Å². The third-order valence-corrected chi connectivity index (χ3v) is 5.76. The number of aromatic nitrogens is 1. The zero-order chi connectivity index (χ0) is 26.1. The van der Waals surface area contributed by atoms with E-state index < -0.39 is 0 Å². The molecular formula is C30H34N2O4.